The van der Waals surface area contributed by atoms with Crippen LogP contribution in [0.4, 0.5) is 17.2 Å². The van der Waals surface area contributed by atoms with Crippen molar-refractivity contribution in [1.29, 1.82) is 0 Å². The number of carbonyl (C=O) groups excluding carboxylic acids is 1. The molecule has 0 amide bonds. The van der Waals surface area contributed by atoms with E-state index in [4.69, 9.17) is 10.5 Å². The Balaban J connectivity index is 2.35. The molecule has 0 saturated carbocycles. The van der Waals surface area contributed by atoms with Gasteiger partial charge in [-0.3, -0.25) is 4.98 Å². The van der Waals surface area contributed by atoms with E-state index in [1.54, 1.807) is 18.5 Å². The summed E-state index contributed by atoms with van der Waals surface area (Å²) in [5.41, 5.74) is 7.14. The first-order valence-electron chi connectivity index (χ1n) is 5.21. The van der Waals surface area contributed by atoms with Gasteiger partial charge in [-0.1, -0.05) is 0 Å². The van der Waals surface area contributed by atoms with Crippen LogP contribution < -0.4 is 11.1 Å². The van der Waals surface area contributed by atoms with Gasteiger partial charge in [0.15, 0.2) is 0 Å². The van der Waals surface area contributed by atoms with E-state index in [-0.39, 0.29) is 5.82 Å². The number of ether oxygens (including phenoxy) is 1. The molecule has 18 heavy (non-hydrogen) atoms. The highest BCUT2D eigenvalue weighted by atomic mass is 16.5. The Labute approximate surface area is 104 Å². The quantitative estimate of drug-likeness (QED) is 0.797. The van der Waals surface area contributed by atoms with Crippen molar-refractivity contribution in [3.05, 3.63) is 42.4 Å². The summed E-state index contributed by atoms with van der Waals surface area (Å²) in [5, 5.41) is 3.03. The van der Waals surface area contributed by atoms with Crippen LogP contribution in [-0.4, -0.2) is 23.0 Å². The molecule has 0 atom stereocenters. The topological polar surface area (TPSA) is 90.1 Å². The maximum Gasteiger partial charge on any atom is 0.340 e. The minimum Gasteiger partial charge on any atom is -0.465 e. The Bertz CT molecular complexity index is 557. The predicted octanol–water partition coefficient (Wildman–Crippen LogP) is 1.59. The van der Waals surface area contributed by atoms with Gasteiger partial charge >= 0.3 is 5.97 Å². The second-order valence-corrected chi connectivity index (χ2v) is 3.51. The van der Waals surface area contributed by atoms with Crippen molar-refractivity contribution in [2.24, 2.45) is 0 Å². The molecule has 2 heterocycles. The van der Waals surface area contributed by atoms with Gasteiger partial charge in [-0.2, -0.15) is 0 Å². The van der Waals surface area contributed by atoms with Gasteiger partial charge in [-0.15, -0.1) is 0 Å². The molecule has 0 aromatic carbocycles. The maximum absolute atomic E-state index is 11.6. The van der Waals surface area contributed by atoms with Crippen LogP contribution >= 0.6 is 0 Å². The summed E-state index contributed by atoms with van der Waals surface area (Å²) in [6.45, 7) is 0. The number of rotatable bonds is 3. The lowest BCUT2D eigenvalue weighted by Crippen LogP contribution is -2.07. The van der Waals surface area contributed by atoms with Crippen LogP contribution in [0.2, 0.25) is 0 Å². The fraction of sp³-hybridized carbons (Fsp3) is 0.0833. The number of aromatic nitrogens is 2. The Morgan fingerprint density at radius 1 is 1.44 bits per heavy atom. The molecular formula is C12H12N4O2. The maximum atomic E-state index is 11.6. The summed E-state index contributed by atoms with van der Waals surface area (Å²) in [6, 6.07) is 5.07. The van der Waals surface area contributed by atoms with E-state index < -0.39 is 5.97 Å². The van der Waals surface area contributed by atoms with Gasteiger partial charge in [0.05, 0.1) is 36.4 Å². The average Bonchev–Trinajstić information content (AvgIpc) is 2.41. The van der Waals surface area contributed by atoms with Crippen molar-refractivity contribution < 1.29 is 9.53 Å². The Morgan fingerprint density at radius 3 is 2.94 bits per heavy atom. The summed E-state index contributed by atoms with van der Waals surface area (Å²) in [4.78, 5) is 19.5. The first-order valence-corrected chi connectivity index (χ1v) is 5.21. The first kappa shape index (κ1) is 11.8. The minimum absolute atomic E-state index is 0.257. The van der Waals surface area contributed by atoms with E-state index in [0.717, 1.165) is 5.69 Å². The molecule has 0 fully saturated rings. The van der Waals surface area contributed by atoms with Crippen LogP contribution in [0.1, 0.15) is 10.4 Å². The van der Waals surface area contributed by atoms with Gasteiger partial charge in [0.2, 0.25) is 0 Å². The number of nitrogen functional groups attached to an aromatic ring is 1. The zero-order chi connectivity index (χ0) is 13.0. The lowest BCUT2D eigenvalue weighted by Gasteiger charge is -2.10. The highest BCUT2D eigenvalue weighted by Crippen LogP contribution is 2.21. The third kappa shape index (κ3) is 2.54. The number of nitrogens with one attached hydrogen (secondary N) is 1. The summed E-state index contributed by atoms with van der Waals surface area (Å²) in [5.74, 6) is -0.220. The summed E-state index contributed by atoms with van der Waals surface area (Å²) >= 11 is 0. The van der Waals surface area contributed by atoms with Crippen LogP contribution in [0, 0.1) is 0 Å². The molecule has 0 spiro atoms. The average molecular weight is 244 g/mol. The molecule has 0 aliphatic carbocycles. The molecular weight excluding hydrogens is 232 g/mol. The van der Waals surface area contributed by atoms with E-state index in [2.05, 4.69) is 15.3 Å². The predicted molar refractivity (Wildman–Crippen MR) is 67.5 cm³/mol. The smallest absolute Gasteiger partial charge is 0.340 e. The van der Waals surface area contributed by atoms with Gasteiger partial charge in [0.1, 0.15) is 5.82 Å². The van der Waals surface area contributed by atoms with E-state index in [0.29, 0.717) is 11.3 Å². The molecule has 0 radical (unpaired) electrons. The Kier molecular flexibility index (Phi) is 3.38. The summed E-state index contributed by atoms with van der Waals surface area (Å²) in [6.07, 6.45) is 4.78. The van der Waals surface area contributed by atoms with E-state index in [1.165, 1.54) is 19.4 Å². The third-order valence-electron chi connectivity index (χ3n) is 2.27. The number of pyridine rings is 2. The normalized spacial score (nSPS) is 9.83. The number of nitrogens with zero attached hydrogens (tertiary/aromatic N) is 2. The number of anilines is 3. The number of nitrogens with two attached hydrogens (primary N) is 1. The highest BCUT2D eigenvalue weighted by Gasteiger charge is 2.13. The van der Waals surface area contributed by atoms with Crippen molar-refractivity contribution in [1.82, 2.24) is 9.97 Å². The summed E-state index contributed by atoms with van der Waals surface area (Å²) in [7, 11) is 1.31. The third-order valence-corrected chi connectivity index (χ3v) is 2.27. The largest absolute Gasteiger partial charge is 0.465 e. The van der Waals surface area contributed by atoms with Crippen LogP contribution in [0.3, 0.4) is 0 Å². The van der Waals surface area contributed by atoms with Crippen molar-refractivity contribution in [3.63, 3.8) is 0 Å². The highest BCUT2D eigenvalue weighted by molar-refractivity contribution is 5.96. The summed E-state index contributed by atoms with van der Waals surface area (Å²) < 4.78 is 4.69. The molecule has 2 rings (SSSR count). The molecule has 2 aromatic heterocycles. The molecule has 0 bridgehead atoms. The minimum atomic E-state index is -0.476. The van der Waals surface area contributed by atoms with Crippen molar-refractivity contribution in [3.8, 4) is 0 Å². The molecule has 3 N–H and O–H groups in total. The van der Waals surface area contributed by atoms with Crippen LogP contribution in [-0.2, 0) is 4.74 Å². The van der Waals surface area contributed by atoms with E-state index >= 15 is 0 Å². The van der Waals surface area contributed by atoms with Crippen LogP contribution in [0.25, 0.3) is 0 Å². The van der Waals surface area contributed by atoms with Gasteiger partial charge in [0.25, 0.3) is 0 Å². The van der Waals surface area contributed by atoms with Crippen molar-refractivity contribution in [2.45, 2.75) is 0 Å². The SMILES string of the molecule is COC(=O)c1cc(N)ncc1Nc1cccnc1. The second-order valence-electron chi connectivity index (χ2n) is 3.51. The molecule has 0 saturated heterocycles. The number of carbonyl (C=O) groups is 1. The number of methoxy groups -OCH3 is 1. The Morgan fingerprint density at radius 2 is 2.28 bits per heavy atom. The molecule has 2 aromatic rings. The fourth-order valence-corrected chi connectivity index (χ4v) is 1.44. The molecule has 0 aliphatic rings. The lowest BCUT2D eigenvalue weighted by atomic mass is 10.2. The van der Waals surface area contributed by atoms with Crippen LogP contribution in [0.15, 0.2) is 36.8 Å². The van der Waals surface area contributed by atoms with E-state index in [9.17, 15) is 4.79 Å². The molecule has 0 aliphatic heterocycles. The van der Waals surface area contributed by atoms with Gasteiger partial charge in [-0.25, -0.2) is 9.78 Å². The molecule has 6 heteroatoms. The van der Waals surface area contributed by atoms with Gasteiger partial charge < -0.3 is 15.8 Å². The monoisotopic (exact) mass is 244 g/mol. The molecule has 6 nitrogen and oxygen atoms in total. The first-order chi connectivity index (χ1) is 8.70. The zero-order valence-corrected chi connectivity index (χ0v) is 9.75. The van der Waals surface area contributed by atoms with Crippen LogP contribution in [0.5, 0.6) is 0 Å². The lowest BCUT2D eigenvalue weighted by molar-refractivity contribution is 0.0602. The van der Waals surface area contributed by atoms with Gasteiger partial charge in [0, 0.05) is 6.20 Å². The zero-order valence-electron chi connectivity index (χ0n) is 9.75. The number of hydrogen-bond donors (Lipinski definition) is 2. The fourth-order valence-electron chi connectivity index (χ4n) is 1.44. The van der Waals surface area contributed by atoms with Crippen molar-refractivity contribution >= 4 is 23.2 Å². The van der Waals surface area contributed by atoms with Crippen molar-refractivity contribution in [2.75, 3.05) is 18.2 Å². The standard InChI is InChI=1S/C12H12N4O2/c1-18-12(17)9-5-11(13)15-7-10(9)16-8-3-2-4-14-6-8/h2-7,16H,1H3,(H2,13,15). The second kappa shape index (κ2) is 5.13. The molecule has 0 unspecified atom stereocenters. The number of hydrogen-bond acceptors (Lipinski definition) is 6. The number of esters is 1. The van der Waals surface area contributed by atoms with E-state index in [1.807, 2.05) is 6.07 Å². The molecule has 92 valence electrons. The van der Waals surface area contributed by atoms with Gasteiger partial charge in [-0.05, 0) is 18.2 Å². The Hall–Kier alpha value is -2.63.